The first-order chi connectivity index (χ1) is 23.7. The van der Waals surface area contributed by atoms with E-state index in [2.05, 4.69) is 0 Å². The van der Waals surface area contributed by atoms with E-state index in [0.29, 0.717) is 47.2 Å². The highest BCUT2D eigenvalue weighted by Gasteiger charge is 2.35. The first kappa shape index (κ1) is 34.9. The van der Waals surface area contributed by atoms with Crippen LogP contribution >= 0.6 is 57.9 Å². The second-order valence-corrected chi connectivity index (χ2v) is 13.9. The zero-order valence-corrected chi connectivity index (χ0v) is 30.4. The van der Waals surface area contributed by atoms with Crippen LogP contribution in [0.4, 0.5) is 0 Å². The van der Waals surface area contributed by atoms with Crippen molar-refractivity contribution in [3.05, 3.63) is 148 Å². The van der Waals surface area contributed by atoms with E-state index in [1.165, 1.54) is 18.4 Å². The molecular formula is C37H29Cl3N2O5S2. The van der Waals surface area contributed by atoms with Gasteiger partial charge in [-0.2, -0.15) is 0 Å². The number of hydrogen-bond donors (Lipinski definition) is 0. The molecule has 4 aromatic carbocycles. The molecule has 1 aliphatic rings. The third-order valence-corrected chi connectivity index (χ3v) is 10.5. The molecule has 0 aliphatic carbocycles. The van der Waals surface area contributed by atoms with Gasteiger partial charge in [0.15, 0.2) is 16.3 Å². The largest absolute Gasteiger partial charge is 0.493 e. The van der Waals surface area contributed by atoms with Gasteiger partial charge in [0.25, 0.3) is 5.56 Å². The van der Waals surface area contributed by atoms with E-state index >= 15 is 0 Å². The lowest BCUT2D eigenvalue weighted by Gasteiger charge is -2.26. The fraction of sp³-hybridized carbons (Fsp3) is 0.162. The Morgan fingerprint density at radius 1 is 0.980 bits per heavy atom. The summed E-state index contributed by atoms with van der Waals surface area (Å²) in [6, 6.07) is 25.1. The van der Waals surface area contributed by atoms with E-state index in [1.54, 1.807) is 53.6 Å². The van der Waals surface area contributed by atoms with Crippen LogP contribution in [-0.4, -0.2) is 30.5 Å². The predicted molar refractivity (Wildman–Crippen MR) is 198 cm³/mol. The van der Waals surface area contributed by atoms with Crippen LogP contribution < -0.4 is 24.4 Å². The third-order valence-electron chi connectivity index (χ3n) is 7.72. The van der Waals surface area contributed by atoms with Crippen LogP contribution in [0, 0.1) is 0 Å². The average Bonchev–Trinajstić information content (AvgIpc) is 3.42. The summed E-state index contributed by atoms with van der Waals surface area (Å²) in [6.45, 7) is 2.10. The number of aromatic nitrogens is 1. The van der Waals surface area contributed by atoms with Crippen molar-refractivity contribution in [3.63, 3.8) is 0 Å². The van der Waals surface area contributed by atoms with Gasteiger partial charge < -0.3 is 14.2 Å². The lowest BCUT2D eigenvalue weighted by Crippen LogP contribution is -2.40. The van der Waals surface area contributed by atoms with Crippen LogP contribution in [0.5, 0.6) is 11.5 Å². The van der Waals surface area contributed by atoms with Crippen molar-refractivity contribution in [1.82, 2.24) is 4.57 Å². The number of rotatable bonds is 10. The van der Waals surface area contributed by atoms with Gasteiger partial charge in [0.05, 0.1) is 50.6 Å². The van der Waals surface area contributed by atoms with Crippen LogP contribution in [0.25, 0.3) is 11.8 Å². The summed E-state index contributed by atoms with van der Waals surface area (Å²) >= 11 is 21.8. The Labute approximate surface area is 306 Å². The highest BCUT2D eigenvalue weighted by molar-refractivity contribution is 7.98. The fourth-order valence-corrected chi connectivity index (χ4v) is 7.45. The quantitative estimate of drug-likeness (QED) is 0.106. The van der Waals surface area contributed by atoms with E-state index in [-0.39, 0.29) is 24.3 Å². The highest BCUT2D eigenvalue weighted by Crippen LogP contribution is 2.38. The number of thioether (sulfide) groups is 1. The molecule has 6 rings (SSSR count). The summed E-state index contributed by atoms with van der Waals surface area (Å²) < 4.78 is 19.2. The molecule has 0 radical (unpaired) electrons. The van der Waals surface area contributed by atoms with Gasteiger partial charge in [-0.1, -0.05) is 94.7 Å². The summed E-state index contributed by atoms with van der Waals surface area (Å²) in [4.78, 5) is 34.4. The molecule has 0 saturated carbocycles. The fourth-order valence-electron chi connectivity index (χ4n) is 5.44. The Morgan fingerprint density at radius 2 is 1.73 bits per heavy atom. The predicted octanol–water partition coefficient (Wildman–Crippen LogP) is 8.21. The Morgan fingerprint density at radius 3 is 2.41 bits per heavy atom. The number of nitrogens with zero attached hydrogens (tertiary/aromatic N) is 2. The Bertz CT molecular complexity index is 2250. The van der Waals surface area contributed by atoms with Crippen molar-refractivity contribution >= 4 is 75.6 Å². The van der Waals surface area contributed by atoms with Crippen molar-refractivity contribution in [2.24, 2.45) is 4.99 Å². The topological polar surface area (TPSA) is 79.1 Å². The Balaban J connectivity index is 1.48. The number of benzene rings is 4. The van der Waals surface area contributed by atoms with Crippen molar-refractivity contribution in [1.29, 1.82) is 0 Å². The minimum atomic E-state index is -0.779. The van der Waals surface area contributed by atoms with E-state index in [0.717, 1.165) is 21.6 Å². The zero-order chi connectivity index (χ0) is 34.7. The van der Waals surface area contributed by atoms with Crippen LogP contribution in [0.1, 0.15) is 35.2 Å². The lowest BCUT2D eigenvalue weighted by molar-refractivity contribution is -0.138. The molecule has 1 aliphatic heterocycles. The molecule has 0 spiro atoms. The number of esters is 1. The monoisotopic (exact) mass is 750 g/mol. The summed E-state index contributed by atoms with van der Waals surface area (Å²) in [5.41, 5.74) is 3.34. The van der Waals surface area contributed by atoms with E-state index in [1.807, 2.05) is 66.9 Å². The SMILES string of the molecule is CCOC(=O)C1=C(c2ccccc2)N=c2s/c(=C\c3cc(Cl)c(OCc4ccc(Cl)c(Cl)c4)c(OC)c3)c(=O)n2[C@@H]1c1ccc(SC)cc1. The molecule has 0 unspecified atom stereocenters. The minimum absolute atomic E-state index is 0.169. The molecule has 1 aromatic heterocycles. The molecular weight excluding hydrogens is 723 g/mol. The number of methoxy groups -OCH3 is 1. The minimum Gasteiger partial charge on any atom is -0.493 e. The van der Waals surface area contributed by atoms with Crippen LogP contribution in [0.3, 0.4) is 0 Å². The standard InChI is InChI=1S/C37H29Cl3N2O5S2/c1-4-46-36(44)31-32(23-8-6-5-7-9-23)41-37-42(33(31)24-11-13-25(48-3)14-12-24)35(43)30(49-37)19-22-17-28(40)34(29(18-22)45-2)47-20-21-10-15-26(38)27(39)16-21/h5-19,33H,4,20H2,1-3H3/b30-19-/t33-/m1/s1. The number of hydrogen-bond acceptors (Lipinski definition) is 8. The van der Waals surface area contributed by atoms with Crippen LogP contribution in [0.2, 0.25) is 15.1 Å². The van der Waals surface area contributed by atoms with E-state index < -0.39 is 12.0 Å². The number of halogens is 3. The second kappa shape index (κ2) is 15.3. The molecule has 12 heteroatoms. The summed E-state index contributed by atoms with van der Waals surface area (Å²) in [6.07, 6.45) is 3.72. The van der Waals surface area contributed by atoms with Crippen molar-refractivity contribution in [2.45, 2.75) is 24.5 Å². The number of carbonyl (C=O) groups is 1. The molecule has 0 saturated heterocycles. The van der Waals surface area contributed by atoms with Crippen molar-refractivity contribution in [3.8, 4) is 11.5 Å². The van der Waals surface area contributed by atoms with Crippen LogP contribution in [0.15, 0.2) is 105 Å². The second-order valence-electron chi connectivity index (χ2n) is 10.8. The van der Waals surface area contributed by atoms with Gasteiger partial charge in [-0.25, -0.2) is 9.79 Å². The van der Waals surface area contributed by atoms with Crippen LogP contribution in [-0.2, 0) is 16.1 Å². The van der Waals surface area contributed by atoms with Gasteiger partial charge in [0.1, 0.15) is 6.61 Å². The number of ether oxygens (including phenoxy) is 3. The number of carbonyl (C=O) groups excluding carboxylic acids is 1. The normalized spacial score (nSPS) is 14.3. The molecule has 2 heterocycles. The molecule has 0 bridgehead atoms. The highest BCUT2D eigenvalue weighted by atomic mass is 35.5. The Hall–Kier alpha value is -3.99. The first-order valence-corrected chi connectivity index (χ1v) is 18.3. The van der Waals surface area contributed by atoms with Crippen molar-refractivity contribution in [2.75, 3.05) is 20.0 Å². The maximum absolute atomic E-state index is 14.3. The van der Waals surface area contributed by atoms with E-state index in [4.69, 9.17) is 54.0 Å². The van der Waals surface area contributed by atoms with E-state index in [9.17, 15) is 9.59 Å². The molecule has 0 fully saturated rings. The molecule has 0 N–H and O–H groups in total. The Kier molecular flexibility index (Phi) is 10.9. The molecule has 250 valence electrons. The number of fused-ring (bicyclic) bond motifs is 1. The molecule has 1 atom stereocenters. The zero-order valence-electron chi connectivity index (χ0n) is 26.5. The summed E-state index contributed by atoms with van der Waals surface area (Å²) in [5, 5.41) is 1.16. The smallest absolute Gasteiger partial charge is 0.338 e. The maximum atomic E-state index is 14.3. The van der Waals surface area contributed by atoms with Crippen molar-refractivity contribution < 1.29 is 19.0 Å². The van der Waals surface area contributed by atoms with Gasteiger partial charge in [-0.3, -0.25) is 9.36 Å². The van der Waals surface area contributed by atoms with Gasteiger partial charge in [-0.15, -0.1) is 11.8 Å². The first-order valence-electron chi connectivity index (χ1n) is 15.1. The number of thiazole rings is 1. The summed E-state index contributed by atoms with van der Waals surface area (Å²) in [5.74, 6) is 0.190. The average molecular weight is 752 g/mol. The lowest BCUT2D eigenvalue weighted by atomic mass is 9.93. The maximum Gasteiger partial charge on any atom is 0.338 e. The molecule has 7 nitrogen and oxygen atoms in total. The molecule has 5 aromatic rings. The molecule has 0 amide bonds. The van der Waals surface area contributed by atoms with Gasteiger partial charge in [0, 0.05) is 10.5 Å². The van der Waals surface area contributed by atoms with Gasteiger partial charge in [0.2, 0.25) is 0 Å². The molecule has 49 heavy (non-hydrogen) atoms. The summed E-state index contributed by atoms with van der Waals surface area (Å²) in [7, 11) is 1.51. The van der Waals surface area contributed by atoms with Gasteiger partial charge in [-0.05, 0) is 72.3 Å². The van der Waals surface area contributed by atoms with Gasteiger partial charge >= 0.3 is 5.97 Å². The third kappa shape index (κ3) is 7.32.